The monoisotopic (exact) mass is 161 g/mol. The summed E-state index contributed by atoms with van der Waals surface area (Å²) in [7, 11) is 1.93. The van der Waals surface area contributed by atoms with Crippen LogP contribution in [0.1, 0.15) is 12.6 Å². The first-order valence-electron chi connectivity index (χ1n) is 4.08. The maximum Gasteiger partial charge on any atom is 0.0956 e. The van der Waals surface area contributed by atoms with Crippen molar-refractivity contribution in [3.8, 4) is 0 Å². The van der Waals surface area contributed by atoms with Gasteiger partial charge in [-0.2, -0.15) is 5.10 Å². The third-order valence-corrected chi connectivity index (χ3v) is 1.97. The molecule has 12 heavy (non-hydrogen) atoms. The van der Waals surface area contributed by atoms with Gasteiger partial charge < -0.3 is 0 Å². The van der Waals surface area contributed by atoms with Crippen LogP contribution < -0.4 is 0 Å². The molecule has 2 aromatic rings. The molecule has 2 rings (SSSR count). The molecule has 3 nitrogen and oxygen atoms in total. The smallest absolute Gasteiger partial charge is 0.0956 e. The lowest BCUT2D eigenvalue weighted by molar-refractivity contribution is 0.779. The van der Waals surface area contributed by atoms with Crippen LogP contribution in [-0.4, -0.2) is 14.8 Å². The fourth-order valence-electron chi connectivity index (χ4n) is 1.40. The summed E-state index contributed by atoms with van der Waals surface area (Å²) in [4.78, 5) is 4.29. The van der Waals surface area contributed by atoms with E-state index in [-0.39, 0.29) is 0 Å². The van der Waals surface area contributed by atoms with Gasteiger partial charge in [-0.25, -0.2) is 0 Å². The van der Waals surface area contributed by atoms with Crippen molar-refractivity contribution in [3.05, 3.63) is 24.2 Å². The highest BCUT2D eigenvalue weighted by molar-refractivity contribution is 5.80. The van der Waals surface area contributed by atoms with Gasteiger partial charge in [0.2, 0.25) is 0 Å². The van der Waals surface area contributed by atoms with Crippen LogP contribution in [0.4, 0.5) is 0 Å². The lowest BCUT2D eigenvalue weighted by Gasteiger charge is -1.94. The van der Waals surface area contributed by atoms with Gasteiger partial charge in [0.05, 0.1) is 11.2 Å². The van der Waals surface area contributed by atoms with Gasteiger partial charge in [-0.1, -0.05) is 6.92 Å². The highest BCUT2D eigenvalue weighted by Crippen LogP contribution is 2.14. The summed E-state index contributed by atoms with van der Waals surface area (Å²) >= 11 is 0. The second kappa shape index (κ2) is 2.59. The minimum absolute atomic E-state index is 0.961. The summed E-state index contributed by atoms with van der Waals surface area (Å²) in [6.07, 6.45) is 4.79. The third-order valence-electron chi connectivity index (χ3n) is 1.97. The van der Waals surface area contributed by atoms with E-state index in [0.717, 1.165) is 17.6 Å². The number of hydrogen-bond donors (Lipinski definition) is 0. The van der Waals surface area contributed by atoms with Gasteiger partial charge in [0.15, 0.2) is 0 Å². The molecule has 0 aliphatic heterocycles. The molecule has 0 bridgehead atoms. The molecular formula is C9H11N3. The van der Waals surface area contributed by atoms with E-state index in [1.165, 1.54) is 5.39 Å². The largest absolute Gasteiger partial charge is 0.275 e. The summed E-state index contributed by atoms with van der Waals surface area (Å²) in [6, 6.07) is 1.94. The third kappa shape index (κ3) is 0.978. The quantitative estimate of drug-likeness (QED) is 0.635. The number of pyridine rings is 1. The first kappa shape index (κ1) is 7.28. The minimum atomic E-state index is 0.961. The molecule has 2 heterocycles. The van der Waals surface area contributed by atoms with Crippen molar-refractivity contribution < 1.29 is 0 Å². The Labute approximate surface area is 71.0 Å². The standard InChI is InChI=1S/C9H11N3/c1-3-8-7-6-12(2)11-9(7)4-5-10-8/h4-6H,3H2,1-2H3. The van der Waals surface area contributed by atoms with E-state index in [2.05, 4.69) is 17.0 Å². The fourth-order valence-corrected chi connectivity index (χ4v) is 1.40. The van der Waals surface area contributed by atoms with Crippen molar-refractivity contribution in [1.29, 1.82) is 0 Å². The van der Waals surface area contributed by atoms with E-state index in [1.807, 2.05) is 30.2 Å². The molecule has 0 radical (unpaired) electrons. The number of nitrogens with zero attached hydrogens (tertiary/aromatic N) is 3. The van der Waals surface area contributed by atoms with Crippen LogP contribution in [0.2, 0.25) is 0 Å². The summed E-state index contributed by atoms with van der Waals surface area (Å²) < 4.78 is 1.82. The molecule has 62 valence electrons. The predicted molar refractivity (Wildman–Crippen MR) is 47.9 cm³/mol. The summed E-state index contributed by atoms with van der Waals surface area (Å²) in [5.41, 5.74) is 2.16. The van der Waals surface area contributed by atoms with Crippen molar-refractivity contribution in [1.82, 2.24) is 14.8 Å². The van der Waals surface area contributed by atoms with Crippen molar-refractivity contribution in [2.24, 2.45) is 7.05 Å². The molecule has 3 heteroatoms. The Morgan fingerprint density at radius 2 is 2.33 bits per heavy atom. The molecule has 0 N–H and O–H groups in total. The first-order chi connectivity index (χ1) is 5.81. The number of aromatic nitrogens is 3. The summed E-state index contributed by atoms with van der Waals surface area (Å²) in [6.45, 7) is 2.11. The highest BCUT2D eigenvalue weighted by Gasteiger charge is 2.02. The van der Waals surface area contributed by atoms with E-state index < -0.39 is 0 Å². The predicted octanol–water partition coefficient (Wildman–Crippen LogP) is 1.53. The zero-order valence-electron chi connectivity index (χ0n) is 7.28. The Morgan fingerprint density at radius 1 is 1.50 bits per heavy atom. The maximum atomic E-state index is 4.30. The Hall–Kier alpha value is -1.38. The normalized spacial score (nSPS) is 10.8. The van der Waals surface area contributed by atoms with Crippen molar-refractivity contribution in [2.75, 3.05) is 0 Å². The molecule has 0 spiro atoms. The van der Waals surface area contributed by atoms with Crippen molar-refractivity contribution >= 4 is 10.9 Å². The molecule has 0 saturated heterocycles. The SMILES string of the molecule is CCc1nccc2nn(C)cc12. The van der Waals surface area contributed by atoms with Gasteiger partial charge in [0.1, 0.15) is 0 Å². The minimum Gasteiger partial charge on any atom is -0.275 e. The van der Waals surface area contributed by atoms with Gasteiger partial charge in [-0.15, -0.1) is 0 Å². The van der Waals surface area contributed by atoms with Gasteiger partial charge >= 0.3 is 0 Å². The van der Waals surface area contributed by atoms with Gasteiger partial charge in [-0.05, 0) is 12.5 Å². The van der Waals surface area contributed by atoms with Crippen LogP contribution in [0, 0.1) is 0 Å². The Bertz CT molecular complexity index is 403. The number of fused-ring (bicyclic) bond motifs is 1. The Balaban J connectivity index is 2.78. The molecule has 0 saturated carbocycles. The lowest BCUT2D eigenvalue weighted by atomic mass is 10.2. The summed E-state index contributed by atoms with van der Waals surface area (Å²) in [5, 5.41) is 5.47. The highest BCUT2D eigenvalue weighted by atomic mass is 15.2. The summed E-state index contributed by atoms with van der Waals surface area (Å²) in [5.74, 6) is 0. The van der Waals surface area contributed by atoms with Crippen molar-refractivity contribution in [3.63, 3.8) is 0 Å². The molecule has 0 aromatic carbocycles. The molecule has 0 amide bonds. The van der Waals surface area contributed by atoms with Gasteiger partial charge in [-0.3, -0.25) is 9.67 Å². The van der Waals surface area contributed by atoms with Crippen molar-refractivity contribution in [2.45, 2.75) is 13.3 Å². The van der Waals surface area contributed by atoms with Crippen LogP contribution in [0.5, 0.6) is 0 Å². The molecule has 0 unspecified atom stereocenters. The van der Waals surface area contributed by atoms with E-state index in [9.17, 15) is 0 Å². The zero-order chi connectivity index (χ0) is 8.55. The van der Waals surface area contributed by atoms with Gasteiger partial charge in [0.25, 0.3) is 0 Å². The average molecular weight is 161 g/mol. The molecule has 0 aliphatic rings. The second-order valence-electron chi connectivity index (χ2n) is 2.85. The second-order valence-corrected chi connectivity index (χ2v) is 2.85. The van der Waals surface area contributed by atoms with Gasteiger partial charge in [0, 0.05) is 24.8 Å². The number of hydrogen-bond acceptors (Lipinski definition) is 2. The van der Waals surface area contributed by atoms with Crippen LogP contribution >= 0.6 is 0 Å². The molecule has 0 atom stereocenters. The molecule has 0 aliphatic carbocycles. The topological polar surface area (TPSA) is 30.7 Å². The molecular weight excluding hydrogens is 150 g/mol. The van der Waals surface area contributed by atoms with Crippen LogP contribution in [0.3, 0.4) is 0 Å². The van der Waals surface area contributed by atoms with Crippen LogP contribution in [-0.2, 0) is 13.5 Å². The molecule has 0 fully saturated rings. The first-order valence-corrected chi connectivity index (χ1v) is 4.08. The van der Waals surface area contributed by atoms with E-state index in [1.54, 1.807) is 0 Å². The zero-order valence-corrected chi connectivity index (χ0v) is 7.28. The fraction of sp³-hybridized carbons (Fsp3) is 0.333. The van der Waals surface area contributed by atoms with E-state index in [4.69, 9.17) is 0 Å². The van der Waals surface area contributed by atoms with Crippen LogP contribution in [0.15, 0.2) is 18.5 Å². The average Bonchev–Trinajstić information content (AvgIpc) is 2.44. The Kier molecular flexibility index (Phi) is 1.57. The van der Waals surface area contributed by atoms with Crippen LogP contribution in [0.25, 0.3) is 10.9 Å². The number of rotatable bonds is 1. The Morgan fingerprint density at radius 3 is 3.08 bits per heavy atom. The molecule has 2 aromatic heterocycles. The lowest BCUT2D eigenvalue weighted by Crippen LogP contribution is -1.85. The van der Waals surface area contributed by atoms with E-state index >= 15 is 0 Å². The maximum absolute atomic E-state index is 4.30. The number of aryl methyl sites for hydroxylation is 2. The van der Waals surface area contributed by atoms with E-state index in [0.29, 0.717) is 0 Å².